The summed E-state index contributed by atoms with van der Waals surface area (Å²) < 4.78 is 44.2. The van der Waals surface area contributed by atoms with Gasteiger partial charge in [0, 0.05) is 23.6 Å². The molecule has 0 bridgehead atoms. The standard InChI is InChI=1S/C22H21N3O6S/c1-2-29-22-18(4-3-11-23-22)21(26)24-15-5-7-16(8-6-15)25-32(27,28)17-9-10-19-20(14-17)31-13-12-30-19/h3-11,14,25H,2,12-13H2,1H3,(H,24,26). The molecule has 166 valence electrons. The highest BCUT2D eigenvalue weighted by Crippen LogP contribution is 2.32. The number of pyridine rings is 1. The van der Waals surface area contributed by atoms with E-state index in [1.165, 1.54) is 12.1 Å². The summed E-state index contributed by atoms with van der Waals surface area (Å²) in [5.74, 6) is 0.762. The summed E-state index contributed by atoms with van der Waals surface area (Å²) in [6.45, 7) is 2.98. The minimum absolute atomic E-state index is 0.0548. The first kappa shape index (κ1) is 21.4. The van der Waals surface area contributed by atoms with E-state index in [1.807, 2.05) is 0 Å². The molecule has 0 unspecified atom stereocenters. The van der Waals surface area contributed by atoms with E-state index in [9.17, 15) is 13.2 Å². The second kappa shape index (κ2) is 9.15. The van der Waals surface area contributed by atoms with Crippen molar-refractivity contribution in [2.75, 3.05) is 29.9 Å². The van der Waals surface area contributed by atoms with E-state index in [4.69, 9.17) is 14.2 Å². The summed E-state index contributed by atoms with van der Waals surface area (Å²) in [5.41, 5.74) is 1.13. The predicted molar refractivity (Wildman–Crippen MR) is 118 cm³/mol. The van der Waals surface area contributed by atoms with E-state index in [2.05, 4.69) is 15.0 Å². The number of ether oxygens (including phenoxy) is 3. The lowest BCUT2D eigenvalue weighted by atomic mass is 10.2. The fourth-order valence-electron chi connectivity index (χ4n) is 3.04. The molecule has 0 spiro atoms. The van der Waals surface area contributed by atoms with Gasteiger partial charge < -0.3 is 19.5 Å². The normalized spacial score (nSPS) is 12.7. The molecule has 0 fully saturated rings. The second-order valence-electron chi connectivity index (χ2n) is 6.73. The number of carbonyl (C=O) groups is 1. The largest absolute Gasteiger partial charge is 0.486 e. The first-order chi connectivity index (χ1) is 15.5. The lowest BCUT2D eigenvalue weighted by Gasteiger charge is -2.19. The Hall–Kier alpha value is -3.79. The zero-order valence-corrected chi connectivity index (χ0v) is 18.0. The van der Waals surface area contributed by atoms with Crippen LogP contribution in [0.25, 0.3) is 0 Å². The fraction of sp³-hybridized carbons (Fsp3) is 0.182. The highest BCUT2D eigenvalue weighted by Gasteiger charge is 2.20. The summed E-state index contributed by atoms with van der Waals surface area (Å²) in [6, 6.07) is 14.0. The van der Waals surface area contributed by atoms with Gasteiger partial charge in [0.2, 0.25) is 5.88 Å². The Balaban J connectivity index is 1.45. The van der Waals surface area contributed by atoms with Crippen molar-refractivity contribution in [3.8, 4) is 17.4 Å². The number of sulfonamides is 1. The number of nitrogens with one attached hydrogen (secondary N) is 2. The number of hydrogen-bond acceptors (Lipinski definition) is 7. The van der Waals surface area contributed by atoms with Gasteiger partial charge in [0.15, 0.2) is 11.5 Å². The van der Waals surface area contributed by atoms with Crippen molar-refractivity contribution in [1.82, 2.24) is 4.98 Å². The summed E-state index contributed by atoms with van der Waals surface area (Å²) >= 11 is 0. The molecule has 0 radical (unpaired) electrons. The molecule has 32 heavy (non-hydrogen) atoms. The summed E-state index contributed by atoms with van der Waals surface area (Å²) in [6.07, 6.45) is 1.55. The molecule has 0 saturated heterocycles. The van der Waals surface area contributed by atoms with Crippen LogP contribution in [0.15, 0.2) is 65.7 Å². The lowest BCUT2D eigenvalue weighted by Crippen LogP contribution is -2.17. The van der Waals surface area contributed by atoms with Gasteiger partial charge in [0.1, 0.15) is 18.8 Å². The number of aromatic nitrogens is 1. The van der Waals surface area contributed by atoms with Gasteiger partial charge >= 0.3 is 0 Å². The molecule has 1 aliphatic heterocycles. The van der Waals surface area contributed by atoms with Crippen molar-refractivity contribution in [2.45, 2.75) is 11.8 Å². The molecule has 1 aromatic heterocycles. The van der Waals surface area contributed by atoms with Gasteiger partial charge in [-0.3, -0.25) is 9.52 Å². The third kappa shape index (κ3) is 4.75. The minimum atomic E-state index is -3.84. The van der Waals surface area contributed by atoms with Crippen LogP contribution < -0.4 is 24.2 Å². The van der Waals surface area contributed by atoms with E-state index >= 15 is 0 Å². The van der Waals surface area contributed by atoms with Gasteiger partial charge in [0.05, 0.1) is 11.5 Å². The second-order valence-corrected chi connectivity index (χ2v) is 8.41. The smallest absolute Gasteiger partial charge is 0.262 e. The van der Waals surface area contributed by atoms with Gasteiger partial charge in [-0.2, -0.15) is 0 Å². The Morgan fingerprint density at radius 2 is 1.75 bits per heavy atom. The lowest BCUT2D eigenvalue weighted by molar-refractivity contribution is 0.102. The molecule has 2 aromatic carbocycles. The molecule has 3 aromatic rings. The van der Waals surface area contributed by atoms with E-state index in [1.54, 1.807) is 55.6 Å². The number of anilines is 2. The van der Waals surface area contributed by atoms with Crippen LogP contribution in [0.1, 0.15) is 17.3 Å². The van der Waals surface area contributed by atoms with Gasteiger partial charge in [-0.05, 0) is 55.5 Å². The zero-order chi connectivity index (χ0) is 22.6. The Bertz CT molecular complexity index is 1230. The fourth-order valence-corrected chi connectivity index (χ4v) is 4.11. The van der Waals surface area contributed by atoms with E-state index < -0.39 is 10.0 Å². The average Bonchev–Trinajstić information content (AvgIpc) is 2.80. The van der Waals surface area contributed by atoms with Gasteiger partial charge in [0.25, 0.3) is 15.9 Å². The summed E-state index contributed by atoms with van der Waals surface area (Å²) in [7, 11) is -3.84. The topological polar surface area (TPSA) is 116 Å². The highest BCUT2D eigenvalue weighted by molar-refractivity contribution is 7.92. The number of rotatable bonds is 7. The number of fused-ring (bicyclic) bond motifs is 1. The summed E-state index contributed by atoms with van der Waals surface area (Å²) in [5, 5.41) is 2.75. The minimum Gasteiger partial charge on any atom is -0.486 e. The van der Waals surface area contributed by atoms with Crippen molar-refractivity contribution < 1.29 is 27.4 Å². The summed E-state index contributed by atoms with van der Waals surface area (Å²) in [4.78, 5) is 16.7. The average molecular weight is 455 g/mol. The Labute approximate surface area is 185 Å². The van der Waals surface area contributed by atoms with Crippen LogP contribution >= 0.6 is 0 Å². The third-order valence-corrected chi connectivity index (χ3v) is 5.89. The molecule has 9 nitrogen and oxygen atoms in total. The Morgan fingerprint density at radius 1 is 1.03 bits per heavy atom. The molecule has 1 aliphatic rings. The molecule has 2 N–H and O–H groups in total. The number of benzene rings is 2. The maximum atomic E-state index is 12.7. The first-order valence-corrected chi connectivity index (χ1v) is 11.4. The molecule has 0 atom stereocenters. The van der Waals surface area contributed by atoms with Crippen molar-refractivity contribution in [2.24, 2.45) is 0 Å². The van der Waals surface area contributed by atoms with E-state index in [0.29, 0.717) is 48.3 Å². The molecular formula is C22H21N3O6S. The molecule has 1 amide bonds. The van der Waals surface area contributed by atoms with Crippen LogP contribution in [0, 0.1) is 0 Å². The van der Waals surface area contributed by atoms with Crippen LogP contribution in [0.5, 0.6) is 17.4 Å². The number of amides is 1. The molecule has 2 heterocycles. The molecule has 0 aliphatic carbocycles. The monoisotopic (exact) mass is 455 g/mol. The van der Waals surface area contributed by atoms with Crippen molar-refractivity contribution >= 4 is 27.3 Å². The van der Waals surface area contributed by atoms with Gasteiger partial charge in [-0.15, -0.1) is 0 Å². The third-order valence-electron chi connectivity index (χ3n) is 4.52. The zero-order valence-electron chi connectivity index (χ0n) is 17.2. The quantitative estimate of drug-likeness (QED) is 0.561. The first-order valence-electron chi connectivity index (χ1n) is 9.88. The van der Waals surface area contributed by atoms with Crippen molar-refractivity contribution in [1.29, 1.82) is 0 Å². The highest BCUT2D eigenvalue weighted by atomic mass is 32.2. The van der Waals surface area contributed by atoms with Crippen LogP contribution in [0.4, 0.5) is 11.4 Å². The van der Waals surface area contributed by atoms with Gasteiger partial charge in [-0.25, -0.2) is 13.4 Å². The van der Waals surface area contributed by atoms with E-state index in [0.717, 1.165) is 0 Å². The SMILES string of the molecule is CCOc1ncccc1C(=O)Nc1ccc(NS(=O)(=O)c2ccc3c(c2)OCCO3)cc1. The van der Waals surface area contributed by atoms with Crippen molar-refractivity contribution in [3.63, 3.8) is 0 Å². The van der Waals surface area contributed by atoms with Crippen LogP contribution in [-0.2, 0) is 10.0 Å². The molecular weight excluding hydrogens is 434 g/mol. The Morgan fingerprint density at radius 3 is 2.50 bits per heavy atom. The van der Waals surface area contributed by atoms with Crippen LogP contribution in [-0.4, -0.2) is 39.1 Å². The number of carbonyl (C=O) groups excluding carboxylic acids is 1. The van der Waals surface area contributed by atoms with Crippen molar-refractivity contribution in [3.05, 3.63) is 66.4 Å². The van der Waals surface area contributed by atoms with Gasteiger partial charge in [-0.1, -0.05) is 0 Å². The molecule has 4 rings (SSSR count). The predicted octanol–water partition coefficient (Wildman–Crippen LogP) is 3.30. The maximum absolute atomic E-state index is 12.7. The molecule has 10 heteroatoms. The molecule has 0 saturated carbocycles. The Kier molecular flexibility index (Phi) is 6.13. The van der Waals surface area contributed by atoms with E-state index in [-0.39, 0.29) is 16.7 Å². The van der Waals surface area contributed by atoms with Crippen LogP contribution in [0.2, 0.25) is 0 Å². The maximum Gasteiger partial charge on any atom is 0.262 e. The number of nitrogens with zero attached hydrogens (tertiary/aromatic N) is 1. The van der Waals surface area contributed by atoms with Crippen LogP contribution in [0.3, 0.4) is 0 Å². The number of hydrogen-bond donors (Lipinski definition) is 2.